The molecule has 0 radical (unpaired) electrons. The first kappa shape index (κ1) is 14.0. The third-order valence-corrected chi connectivity index (χ3v) is 4.98. The molecule has 0 amide bonds. The molecule has 3 heteroatoms. The molecule has 1 saturated heterocycles. The lowest BCUT2D eigenvalue weighted by Crippen LogP contribution is -2.34. The highest BCUT2D eigenvalue weighted by Gasteiger charge is 2.14. The van der Waals surface area contributed by atoms with Crippen LogP contribution in [-0.4, -0.2) is 31.1 Å². The third-order valence-electron chi connectivity index (χ3n) is 3.96. The van der Waals surface area contributed by atoms with Gasteiger partial charge in [-0.15, -0.1) is 11.3 Å². The second kappa shape index (κ2) is 7.27. The average Bonchev–Trinajstić information content (AvgIpc) is 2.77. The van der Waals surface area contributed by atoms with Gasteiger partial charge in [0.15, 0.2) is 0 Å². The maximum atomic E-state index is 3.56. The molecule has 0 aromatic carbocycles. The van der Waals surface area contributed by atoms with Gasteiger partial charge in [0.1, 0.15) is 0 Å². The van der Waals surface area contributed by atoms with Gasteiger partial charge in [0.25, 0.3) is 0 Å². The van der Waals surface area contributed by atoms with Gasteiger partial charge in [-0.1, -0.05) is 6.92 Å². The summed E-state index contributed by atoms with van der Waals surface area (Å²) in [5, 5.41) is 5.74. The molecular formula is C15H26N2S. The van der Waals surface area contributed by atoms with Crippen molar-refractivity contribution in [2.45, 2.75) is 39.7 Å². The molecule has 102 valence electrons. The monoisotopic (exact) mass is 266 g/mol. The van der Waals surface area contributed by atoms with Crippen LogP contribution in [0.4, 0.5) is 0 Å². The molecule has 2 nitrogen and oxygen atoms in total. The van der Waals surface area contributed by atoms with Crippen LogP contribution in [0.1, 0.15) is 36.6 Å². The second-order valence-corrected chi connectivity index (χ2v) is 6.58. The molecule has 2 rings (SSSR count). The molecular weight excluding hydrogens is 240 g/mol. The lowest BCUT2D eigenvalue weighted by molar-refractivity contribution is 0.190. The standard InChI is InChI=1S/C15H26N2S/c1-13-4-9-17(10-5-13)8-3-7-16-12-15-14(2)6-11-18-15/h6,11,13,16H,3-5,7-10,12H2,1-2H3. The molecule has 1 aliphatic rings. The van der Waals surface area contributed by atoms with Gasteiger partial charge in [-0.25, -0.2) is 0 Å². The number of nitrogens with one attached hydrogen (secondary N) is 1. The zero-order chi connectivity index (χ0) is 12.8. The van der Waals surface area contributed by atoms with Crippen LogP contribution in [-0.2, 0) is 6.54 Å². The van der Waals surface area contributed by atoms with Crippen LogP contribution >= 0.6 is 11.3 Å². The van der Waals surface area contributed by atoms with Crippen molar-refractivity contribution in [3.05, 3.63) is 21.9 Å². The summed E-state index contributed by atoms with van der Waals surface area (Å²) in [4.78, 5) is 4.11. The van der Waals surface area contributed by atoms with Crippen LogP contribution < -0.4 is 5.32 Å². The number of hydrogen-bond acceptors (Lipinski definition) is 3. The average molecular weight is 266 g/mol. The number of aryl methyl sites for hydroxylation is 1. The zero-order valence-electron chi connectivity index (χ0n) is 11.7. The van der Waals surface area contributed by atoms with E-state index in [-0.39, 0.29) is 0 Å². The van der Waals surface area contributed by atoms with E-state index in [1.807, 2.05) is 11.3 Å². The number of nitrogens with zero attached hydrogens (tertiary/aromatic N) is 1. The summed E-state index contributed by atoms with van der Waals surface area (Å²) >= 11 is 1.86. The fourth-order valence-electron chi connectivity index (χ4n) is 2.50. The summed E-state index contributed by atoms with van der Waals surface area (Å²) in [6.45, 7) is 10.6. The van der Waals surface area contributed by atoms with Crippen molar-refractivity contribution < 1.29 is 0 Å². The van der Waals surface area contributed by atoms with Crippen LogP contribution in [0, 0.1) is 12.8 Å². The van der Waals surface area contributed by atoms with Crippen molar-refractivity contribution in [2.75, 3.05) is 26.2 Å². The van der Waals surface area contributed by atoms with E-state index in [9.17, 15) is 0 Å². The van der Waals surface area contributed by atoms with Crippen molar-refractivity contribution >= 4 is 11.3 Å². The van der Waals surface area contributed by atoms with Crippen LogP contribution in [0.25, 0.3) is 0 Å². The van der Waals surface area contributed by atoms with E-state index < -0.39 is 0 Å². The fourth-order valence-corrected chi connectivity index (χ4v) is 3.38. The summed E-state index contributed by atoms with van der Waals surface area (Å²) in [5.41, 5.74) is 1.43. The SMILES string of the molecule is Cc1ccsc1CNCCCN1CCC(C)CC1. The normalized spacial score (nSPS) is 18.3. The Morgan fingerprint density at radius 3 is 2.83 bits per heavy atom. The van der Waals surface area contributed by atoms with Gasteiger partial charge in [0.2, 0.25) is 0 Å². The molecule has 1 aromatic heterocycles. The Hall–Kier alpha value is -0.380. The maximum Gasteiger partial charge on any atom is 0.0302 e. The number of piperidine rings is 1. The molecule has 1 fully saturated rings. The van der Waals surface area contributed by atoms with Crippen LogP contribution in [0.2, 0.25) is 0 Å². The zero-order valence-corrected chi connectivity index (χ0v) is 12.6. The van der Waals surface area contributed by atoms with Gasteiger partial charge < -0.3 is 10.2 Å². The number of rotatable bonds is 6. The highest BCUT2D eigenvalue weighted by atomic mass is 32.1. The van der Waals surface area contributed by atoms with Crippen LogP contribution in [0.5, 0.6) is 0 Å². The van der Waals surface area contributed by atoms with E-state index in [1.54, 1.807) is 0 Å². The summed E-state index contributed by atoms with van der Waals surface area (Å²) in [5.74, 6) is 0.946. The van der Waals surface area contributed by atoms with E-state index in [0.29, 0.717) is 0 Å². The molecule has 18 heavy (non-hydrogen) atoms. The molecule has 1 aliphatic heterocycles. The van der Waals surface area contributed by atoms with Crippen LogP contribution in [0.15, 0.2) is 11.4 Å². The van der Waals surface area contributed by atoms with E-state index in [0.717, 1.165) is 19.0 Å². The van der Waals surface area contributed by atoms with Crippen LogP contribution in [0.3, 0.4) is 0 Å². The van der Waals surface area contributed by atoms with Crippen molar-refractivity contribution in [3.8, 4) is 0 Å². The van der Waals surface area contributed by atoms with Crippen molar-refractivity contribution in [2.24, 2.45) is 5.92 Å². The Kier molecular flexibility index (Phi) is 5.67. The number of thiophene rings is 1. The smallest absolute Gasteiger partial charge is 0.0302 e. The summed E-state index contributed by atoms with van der Waals surface area (Å²) < 4.78 is 0. The van der Waals surface area contributed by atoms with E-state index in [2.05, 4.69) is 35.5 Å². The maximum absolute atomic E-state index is 3.56. The molecule has 1 N–H and O–H groups in total. The molecule has 2 heterocycles. The molecule has 0 bridgehead atoms. The van der Waals surface area contributed by atoms with Gasteiger partial charge >= 0.3 is 0 Å². The molecule has 0 unspecified atom stereocenters. The first-order valence-electron chi connectivity index (χ1n) is 7.22. The predicted octanol–water partition coefficient (Wildman–Crippen LogP) is 3.27. The van der Waals surface area contributed by atoms with Crippen molar-refractivity contribution in [1.29, 1.82) is 0 Å². The summed E-state index contributed by atoms with van der Waals surface area (Å²) in [6.07, 6.45) is 4.06. The van der Waals surface area contributed by atoms with Gasteiger partial charge in [0.05, 0.1) is 0 Å². The Morgan fingerprint density at radius 1 is 1.39 bits per heavy atom. The minimum Gasteiger partial charge on any atom is -0.312 e. The van der Waals surface area contributed by atoms with Gasteiger partial charge in [0, 0.05) is 11.4 Å². The molecule has 0 saturated carbocycles. The van der Waals surface area contributed by atoms with E-state index >= 15 is 0 Å². The van der Waals surface area contributed by atoms with E-state index in [4.69, 9.17) is 0 Å². The Bertz CT molecular complexity index is 340. The lowest BCUT2D eigenvalue weighted by atomic mass is 9.99. The largest absolute Gasteiger partial charge is 0.312 e. The summed E-state index contributed by atoms with van der Waals surface area (Å²) in [6, 6.07) is 2.20. The molecule has 0 spiro atoms. The Balaban J connectivity index is 1.53. The predicted molar refractivity (Wildman–Crippen MR) is 80.2 cm³/mol. The third kappa shape index (κ3) is 4.38. The van der Waals surface area contributed by atoms with Crippen molar-refractivity contribution in [3.63, 3.8) is 0 Å². The van der Waals surface area contributed by atoms with Gasteiger partial charge in [-0.2, -0.15) is 0 Å². The first-order chi connectivity index (χ1) is 8.75. The molecule has 1 aromatic rings. The summed E-state index contributed by atoms with van der Waals surface area (Å²) in [7, 11) is 0. The van der Waals surface area contributed by atoms with E-state index in [1.165, 1.54) is 49.3 Å². The lowest BCUT2D eigenvalue weighted by Gasteiger charge is -2.30. The minimum absolute atomic E-state index is 0.946. The van der Waals surface area contributed by atoms with Gasteiger partial charge in [-0.05, 0) is 75.3 Å². The highest BCUT2D eigenvalue weighted by Crippen LogP contribution is 2.16. The highest BCUT2D eigenvalue weighted by molar-refractivity contribution is 7.10. The van der Waals surface area contributed by atoms with Crippen molar-refractivity contribution in [1.82, 2.24) is 10.2 Å². The number of hydrogen-bond donors (Lipinski definition) is 1. The van der Waals surface area contributed by atoms with Gasteiger partial charge in [-0.3, -0.25) is 0 Å². The minimum atomic E-state index is 0.946. The first-order valence-corrected chi connectivity index (χ1v) is 8.09. The molecule has 0 aliphatic carbocycles. The number of likely N-dealkylation sites (tertiary alicyclic amines) is 1. The second-order valence-electron chi connectivity index (χ2n) is 5.58. The molecule has 0 atom stereocenters. The Labute approximate surface area is 115 Å². The Morgan fingerprint density at radius 2 is 2.17 bits per heavy atom. The quantitative estimate of drug-likeness (QED) is 0.795. The topological polar surface area (TPSA) is 15.3 Å². The fraction of sp³-hybridized carbons (Fsp3) is 0.733.